The molecule has 1 aliphatic heterocycles. The number of imidazole rings is 1. The molecule has 1 aromatic carbocycles. The van der Waals surface area contributed by atoms with Crippen molar-refractivity contribution in [2.24, 2.45) is 0 Å². The zero-order chi connectivity index (χ0) is 21.0. The van der Waals surface area contributed by atoms with Gasteiger partial charge < -0.3 is 19.2 Å². The SMILES string of the molecule is COCCn1c([C@@H](C)NC(=O)CC2(n3cccc3)CCSCC2)nc2ccccc21. The van der Waals surface area contributed by atoms with Gasteiger partial charge in [0.1, 0.15) is 5.82 Å². The molecular formula is C23H30N4O2S. The van der Waals surface area contributed by atoms with Gasteiger partial charge >= 0.3 is 0 Å². The van der Waals surface area contributed by atoms with Gasteiger partial charge in [0.25, 0.3) is 0 Å². The van der Waals surface area contributed by atoms with Crippen molar-refractivity contribution in [3.8, 4) is 0 Å². The Morgan fingerprint density at radius 3 is 2.70 bits per heavy atom. The standard InChI is InChI=1S/C23H30N4O2S/c1-18(22-25-19-7-3-4-8-20(19)27(22)13-14-29-2)24-21(28)17-23(9-15-30-16-10-23)26-11-5-6-12-26/h3-8,11-12,18H,9-10,13-17H2,1-2H3,(H,24,28)/t18-/m1/s1. The van der Waals surface area contributed by atoms with Crippen molar-refractivity contribution in [1.29, 1.82) is 0 Å². The van der Waals surface area contributed by atoms with Gasteiger partial charge in [0, 0.05) is 26.0 Å². The van der Waals surface area contributed by atoms with Crippen molar-refractivity contribution in [2.75, 3.05) is 25.2 Å². The summed E-state index contributed by atoms with van der Waals surface area (Å²) >= 11 is 1.97. The number of methoxy groups -OCH3 is 1. The number of rotatable bonds is 8. The number of carbonyl (C=O) groups excluding carboxylic acids is 1. The highest BCUT2D eigenvalue weighted by Gasteiger charge is 2.36. The number of carbonyl (C=O) groups is 1. The summed E-state index contributed by atoms with van der Waals surface area (Å²) in [5.74, 6) is 3.13. The lowest BCUT2D eigenvalue weighted by molar-refractivity contribution is -0.124. The first-order valence-electron chi connectivity index (χ1n) is 10.6. The molecule has 30 heavy (non-hydrogen) atoms. The minimum atomic E-state index is -0.179. The maximum atomic E-state index is 13.1. The van der Waals surface area contributed by atoms with Crippen LogP contribution in [0.2, 0.25) is 0 Å². The lowest BCUT2D eigenvalue weighted by Crippen LogP contribution is -2.42. The van der Waals surface area contributed by atoms with Crippen LogP contribution in [0.4, 0.5) is 0 Å². The molecule has 2 aromatic heterocycles. The molecule has 1 aliphatic rings. The van der Waals surface area contributed by atoms with Gasteiger partial charge in [0.2, 0.25) is 5.91 Å². The molecule has 0 spiro atoms. The number of aromatic nitrogens is 3. The van der Waals surface area contributed by atoms with Crippen molar-refractivity contribution in [3.63, 3.8) is 0 Å². The molecule has 7 heteroatoms. The van der Waals surface area contributed by atoms with Gasteiger partial charge in [0.15, 0.2) is 0 Å². The van der Waals surface area contributed by atoms with E-state index in [0.29, 0.717) is 19.6 Å². The Bertz CT molecular complexity index is 976. The Morgan fingerprint density at radius 2 is 1.97 bits per heavy atom. The zero-order valence-electron chi connectivity index (χ0n) is 17.7. The van der Waals surface area contributed by atoms with Crippen LogP contribution in [0.1, 0.15) is 38.1 Å². The third kappa shape index (κ3) is 4.27. The molecule has 1 N–H and O–H groups in total. The predicted octanol–water partition coefficient (Wildman–Crippen LogP) is 3.97. The van der Waals surface area contributed by atoms with E-state index in [4.69, 9.17) is 9.72 Å². The Labute approximate surface area is 182 Å². The average molecular weight is 427 g/mol. The number of ether oxygens (including phenoxy) is 1. The molecule has 3 aromatic rings. The van der Waals surface area contributed by atoms with Crippen LogP contribution in [0.5, 0.6) is 0 Å². The summed E-state index contributed by atoms with van der Waals surface area (Å²) in [5, 5.41) is 3.22. The fourth-order valence-electron chi connectivity index (χ4n) is 4.43. The van der Waals surface area contributed by atoms with Crippen LogP contribution in [-0.4, -0.2) is 45.2 Å². The Morgan fingerprint density at radius 1 is 1.23 bits per heavy atom. The predicted molar refractivity (Wildman–Crippen MR) is 122 cm³/mol. The largest absolute Gasteiger partial charge is 0.383 e. The highest BCUT2D eigenvalue weighted by Crippen LogP contribution is 2.37. The number of fused-ring (bicyclic) bond motifs is 1. The van der Waals surface area contributed by atoms with Crippen molar-refractivity contribution in [3.05, 3.63) is 54.6 Å². The molecule has 1 saturated heterocycles. The number of hydrogen-bond donors (Lipinski definition) is 1. The summed E-state index contributed by atoms with van der Waals surface area (Å²) in [5.41, 5.74) is 1.88. The molecule has 0 radical (unpaired) electrons. The van der Waals surface area contributed by atoms with E-state index < -0.39 is 0 Å². The normalized spacial score (nSPS) is 17.1. The van der Waals surface area contributed by atoms with Crippen molar-refractivity contribution in [1.82, 2.24) is 19.4 Å². The number of nitrogens with zero attached hydrogens (tertiary/aromatic N) is 3. The first-order valence-corrected chi connectivity index (χ1v) is 11.7. The van der Waals surface area contributed by atoms with Crippen LogP contribution in [0.3, 0.4) is 0 Å². The molecule has 160 valence electrons. The minimum absolute atomic E-state index is 0.0773. The van der Waals surface area contributed by atoms with Gasteiger partial charge in [-0.3, -0.25) is 4.79 Å². The van der Waals surface area contributed by atoms with Gasteiger partial charge in [-0.1, -0.05) is 12.1 Å². The van der Waals surface area contributed by atoms with E-state index in [9.17, 15) is 4.79 Å². The summed E-state index contributed by atoms with van der Waals surface area (Å²) in [6.07, 6.45) is 6.71. The van der Waals surface area contributed by atoms with Crippen LogP contribution in [0.15, 0.2) is 48.8 Å². The lowest BCUT2D eigenvalue weighted by atomic mass is 9.87. The van der Waals surface area contributed by atoms with Gasteiger partial charge in [-0.2, -0.15) is 11.8 Å². The topological polar surface area (TPSA) is 61.1 Å². The first-order chi connectivity index (χ1) is 14.6. The fourth-order valence-corrected chi connectivity index (χ4v) is 5.68. The summed E-state index contributed by atoms with van der Waals surface area (Å²) in [6.45, 7) is 3.32. The number of thioether (sulfide) groups is 1. The molecule has 1 fully saturated rings. The van der Waals surface area contributed by atoms with E-state index in [1.54, 1.807) is 7.11 Å². The van der Waals surface area contributed by atoms with E-state index in [1.165, 1.54) is 0 Å². The minimum Gasteiger partial charge on any atom is -0.383 e. The quantitative estimate of drug-likeness (QED) is 0.592. The molecule has 3 heterocycles. The second-order valence-electron chi connectivity index (χ2n) is 8.00. The third-order valence-corrected chi connectivity index (χ3v) is 7.02. The van der Waals surface area contributed by atoms with Crippen LogP contribution in [-0.2, 0) is 21.6 Å². The van der Waals surface area contributed by atoms with Gasteiger partial charge in [0.05, 0.1) is 35.6 Å². The lowest BCUT2D eigenvalue weighted by Gasteiger charge is -2.38. The second kappa shape index (κ2) is 9.27. The summed E-state index contributed by atoms with van der Waals surface area (Å²) in [7, 11) is 1.70. The smallest absolute Gasteiger partial charge is 0.222 e. The Balaban J connectivity index is 1.53. The highest BCUT2D eigenvalue weighted by molar-refractivity contribution is 7.99. The van der Waals surface area contributed by atoms with E-state index in [0.717, 1.165) is 41.2 Å². The number of benzene rings is 1. The number of amides is 1. The second-order valence-corrected chi connectivity index (χ2v) is 9.22. The molecule has 0 unspecified atom stereocenters. The van der Waals surface area contributed by atoms with Crippen molar-refractivity contribution >= 4 is 28.7 Å². The first kappa shape index (κ1) is 21.0. The van der Waals surface area contributed by atoms with Gasteiger partial charge in [-0.25, -0.2) is 4.98 Å². The summed E-state index contributed by atoms with van der Waals surface area (Å²) < 4.78 is 9.69. The average Bonchev–Trinajstić information content (AvgIpc) is 3.41. The van der Waals surface area contributed by atoms with E-state index in [1.807, 2.05) is 49.0 Å². The fraction of sp³-hybridized carbons (Fsp3) is 0.478. The van der Waals surface area contributed by atoms with Crippen LogP contribution in [0, 0.1) is 0 Å². The molecule has 0 bridgehead atoms. The van der Waals surface area contributed by atoms with Crippen LogP contribution >= 0.6 is 11.8 Å². The summed E-state index contributed by atoms with van der Waals surface area (Å²) in [4.78, 5) is 18.0. The number of hydrogen-bond acceptors (Lipinski definition) is 4. The molecule has 1 amide bonds. The van der Waals surface area contributed by atoms with Crippen LogP contribution < -0.4 is 5.32 Å². The maximum absolute atomic E-state index is 13.1. The Kier molecular flexibility index (Phi) is 6.49. The van der Waals surface area contributed by atoms with Gasteiger partial charge in [-0.05, 0) is 55.5 Å². The highest BCUT2D eigenvalue weighted by atomic mass is 32.2. The van der Waals surface area contributed by atoms with Crippen molar-refractivity contribution < 1.29 is 9.53 Å². The van der Waals surface area contributed by atoms with Crippen LogP contribution in [0.25, 0.3) is 11.0 Å². The molecule has 1 atom stereocenters. The summed E-state index contributed by atoms with van der Waals surface area (Å²) in [6, 6.07) is 12.0. The number of nitrogens with one attached hydrogen (secondary N) is 1. The van der Waals surface area contributed by atoms with Crippen molar-refractivity contribution in [2.45, 2.75) is 44.3 Å². The molecule has 0 saturated carbocycles. The zero-order valence-corrected chi connectivity index (χ0v) is 18.5. The van der Waals surface area contributed by atoms with Gasteiger partial charge in [-0.15, -0.1) is 0 Å². The third-order valence-electron chi connectivity index (χ3n) is 6.03. The Hall–Kier alpha value is -2.25. The number of para-hydroxylation sites is 2. The van der Waals surface area contributed by atoms with E-state index >= 15 is 0 Å². The molecular weight excluding hydrogens is 396 g/mol. The molecule has 4 rings (SSSR count). The maximum Gasteiger partial charge on any atom is 0.222 e. The molecule has 0 aliphatic carbocycles. The monoisotopic (exact) mass is 426 g/mol. The molecule has 6 nitrogen and oxygen atoms in total. The van der Waals surface area contributed by atoms with E-state index in [-0.39, 0.29) is 17.5 Å². The van der Waals surface area contributed by atoms with E-state index in [2.05, 4.69) is 32.9 Å².